The van der Waals surface area contributed by atoms with Crippen LogP contribution in [0.4, 0.5) is 0 Å². The standard InChI is InChI=1S/C13H27NOS/c1-3-9-14-12-6-4-5-7-13(12)16-11(2)8-10-15/h11-15H,3-10H2,1-2H3. The predicted molar refractivity (Wildman–Crippen MR) is 73.1 cm³/mol. The van der Waals surface area contributed by atoms with Crippen molar-refractivity contribution in [3.05, 3.63) is 0 Å². The van der Waals surface area contributed by atoms with E-state index >= 15 is 0 Å². The third-order valence-electron chi connectivity index (χ3n) is 3.30. The summed E-state index contributed by atoms with van der Waals surface area (Å²) in [5.41, 5.74) is 0. The maximum absolute atomic E-state index is 8.94. The van der Waals surface area contributed by atoms with Crippen LogP contribution < -0.4 is 5.32 Å². The Morgan fingerprint density at radius 2 is 2.12 bits per heavy atom. The summed E-state index contributed by atoms with van der Waals surface area (Å²) in [5.74, 6) is 0. The van der Waals surface area contributed by atoms with Gasteiger partial charge in [-0.25, -0.2) is 0 Å². The molecule has 2 nitrogen and oxygen atoms in total. The van der Waals surface area contributed by atoms with Crippen LogP contribution in [0.15, 0.2) is 0 Å². The van der Waals surface area contributed by atoms with Crippen molar-refractivity contribution in [2.75, 3.05) is 13.2 Å². The maximum atomic E-state index is 8.94. The molecule has 0 aliphatic heterocycles. The molecule has 0 aromatic heterocycles. The number of nitrogens with one attached hydrogen (secondary N) is 1. The quantitative estimate of drug-likeness (QED) is 0.723. The Labute approximate surface area is 105 Å². The number of hydrogen-bond acceptors (Lipinski definition) is 3. The van der Waals surface area contributed by atoms with E-state index in [0.717, 1.165) is 18.2 Å². The highest BCUT2D eigenvalue weighted by molar-refractivity contribution is 8.00. The van der Waals surface area contributed by atoms with Gasteiger partial charge in [0.2, 0.25) is 0 Å². The zero-order chi connectivity index (χ0) is 11.8. The van der Waals surface area contributed by atoms with E-state index in [1.807, 2.05) is 0 Å². The van der Waals surface area contributed by atoms with Crippen molar-refractivity contribution in [3.8, 4) is 0 Å². The molecule has 0 radical (unpaired) electrons. The molecule has 96 valence electrons. The minimum Gasteiger partial charge on any atom is -0.396 e. The molecule has 0 spiro atoms. The molecule has 3 heteroatoms. The Bertz CT molecular complexity index is 177. The summed E-state index contributed by atoms with van der Waals surface area (Å²) < 4.78 is 0. The Morgan fingerprint density at radius 1 is 1.38 bits per heavy atom. The lowest BCUT2D eigenvalue weighted by Crippen LogP contribution is -2.41. The van der Waals surface area contributed by atoms with Crippen molar-refractivity contribution in [3.63, 3.8) is 0 Å². The van der Waals surface area contributed by atoms with Crippen LogP contribution in [0, 0.1) is 0 Å². The molecule has 0 aromatic carbocycles. The number of rotatable bonds is 7. The molecule has 0 aromatic rings. The number of hydrogen-bond donors (Lipinski definition) is 2. The molecular formula is C13H27NOS. The van der Waals surface area contributed by atoms with E-state index in [2.05, 4.69) is 30.9 Å². The first kappa shape index (κ1) is 14.3. The SMILES string of the molecule is CCCNC1CCCCC1SC(C)CCO. The second-order valence-electron chi connectivity index (χ2n) is 4.84. The van der Waals surface area contributed by atoms with E-state index in [1.165, 1.54) is 32.1 Å². The first-order valence-corrected chi connectivity index (χ1v) is 7.72. The molecule has 0 bridgehead atoms. The smallest absolute Gasteiger partial charge is 0.0441 e. The van der Waals surface area contributed by atoms with Crippen molar-refractivity contribution in [1.29, 1.82) is 0 Å². The van der Waals surface area contributed by atoms with Gasteiger partial charge in [0, 0.05) is 23.1 Å². The van der Waals surface area contributed by atoms with Gasteiger partial charge in [-0.15, -0.1) is 0 Å². The summed E-state index contributed by atoms with van der Waals surface area (Å²) in [6.45, 7) is 5.95. The van der Waals surface area contributed by atoms with Crippen LogP contribution in [-0.4, -0.2) is 34.8 Å². The molecule has 3 atom stereocenters. The van der Waals surface area contributed by atoms with Crippen LogP contribution in [0.5, 0.6) is 0 Å². The van der Waals surface area contributed by atoms with E-state index < -0.39 is 0 Å². The highest BCUT2D eigenvalue weighted by Gasteiger charge is 2.26. The minimum atomic E-state index is 0.327. The average molecular weight is 245 g/mol. The van der Waals surface area contributed by atoms with Gasteiger partial charge in [-0.2, -0.15) is 11.8 Å². The fourth-order valence-electron chi connectivity index (χ4n) is 2.37. The fourth-order valence-corrected chi connectivity index (χ4v) is 3.93. The van der Waals surface area contributed by atoms with Crippen LogP contribution in [0.2, 0.25) is 0 Å². The first-order chi connectivity index (χ1) is 7.77. The molecule has 0 saturated heterocycles. The largest absolute Gasteiger partial charge is 0.396 e. The van der Waals surface area contributed by atoms with E-state index in [0.29, 0.717) is 17.9 Å². The summed E-state index contributed by atoms with van der Waals surface area (Å²) in [6.07, 6.45) is 7.60. The zero-order valence-corrected chi connectivity index (χ0v) is 11.6. The molecule has 1 rings (SSSR count). The zero-order valence-electron chi connectivity index (χ0n) is 10.7. The van der Waals surface area contributed by atoms with E-state index in [4.69, 9.17) is 5.11 Å². The van der Waals surface area contributed by atoms with Crippen molar-refractivity contribution in [1.82, 2.24) is 5.32 Å². The lowest BCUT2D eigenvalue weighted by Gasteiger charge is -2.33. The topological polar surface area (TPSA) is 32.3 Å². The van der Waals surface area contributed by atoms with Gasteiger partial charge in [0.15, 0.2) is 0 Å². The predicted octanol–water partition coefficient (Wildman–Crippen LogP) is 2.80. The molecule has 1 aliphatic rings. The Balaban J connectivity index is 2.33. The van der Waals surface area contributed by atoms with Crippen molar-refractivity contribution >= 4 is 11.8 Å². The molecule has 1 aliphatic carbocycles. The van der Waals surface area contributed by atoms with Crippen molar-refractivity contribution < 1.29 is 5.11 Å². The van der Waals surface area contributed by atoms with Gasteiger partial charge in [0.1, 0.15) is 0 Å². The lowest BCUT2D eigenvalue weighted by atomic mass is 9.95. The van der Waals surface area contributed by atoms with Gasteiger partial charge in [0.25, 0.3) is 0 Å². The van der Waals surface area contributed by atoms with Crippen molar-refractivity contribution in [2.24, 2.45) is 0 Å². The summed E-state index contributed by atoms with van der Waals surface area (Å²) >= 11 is 2.08. The highest BCUT2D eigenvalue weighted by Crippen LogP contribution is 2.32. The Hall–Kier alpha value is 0.270. The van der Waals surface area contributed by atoms with Gasteiger partial charge in [-0.3, -0.25) is 0 Å². The van der Waals surface area contributed by atoms with Crippen LogP contribution in [0.25, 0.3) is 0 Å². The average Bonchev–Trinajstić information content (AvgIpc) is 2.28. The van der Waals surface area contributed by atoms with Crippen molar-refractivity contribution in [2.45, 2.75) is 68.9 Å². The summed E-state index contributed by atoms with van der Waals surface area (Å²) in [5, 5.41) is 14.0. The molecule has 0 amide bonds. The molecule has 2 N–H and O–H groups in total. The molecule has 3 unspecified atom stereocenters. The molecule has 0 heterocycles. The van der Waals surface area contributed by atoms with E-state index in [-0.39, 0.29) is 0 Å². The number of aliphatic hydroxyl groups excluding tert-OH is 1. The van der Waals surface area contributed by atoms with Gasteiger partial charge >= 0.3 is 0 Å². The van der Waals surface area contributed by atoms with Gasteiger partial charge < -0.3 is 10.4 Å². The number of thioether (sulfide) groups is 1. The van der Waals surface area contributed by atoms with Gasteiger partial charge in [-0.05, 0) is 32.2 Å². The highest BCUT2D eigenvalue weighted by atomic mass is 32.2. The monoisotopic (exact) mass is 245 g/mol. The van der Waals surface area contributed by atoms with Crippen LogP contribution in [0.1, 0.15) is 52.4 Å². The maximum Gasteiger partial charge on any atom is 0.0441 e. The second kappa shape index (κ2) is 8.37. The van der Waals surface area contributed by atoms with E-state index in [9.17, 15) is 0 Å². The Kier molecular flexibility index (Phi) is 7.50. The first-order valence-electron chi connectivity index (χ1n) is 6.77. The molecular weight excluding hydrogens is 218 g/mol. The molecule has 16 heavy (non-hydrogen) atoms. The van der Waals surface area contributed by atoms with Gasteiger partial charge in [0.05, 0.1) is 0 Å². The molecule has 1 saturated carbocycles. The lowest BCUT2D eigenvalue weighted by molar-refractivity contribution is 0.288. The molecule has 1 fully saturated rings. The minimum absolute atomic E-state index is 0.327. The summed E-state index contributed by atoms with van der Waals surface area (Å²) in [7, 11) is 0. The van der Waals surface area contributed by atoms with E-state index in [1.54, 1.807) is 0 Å². The second-order valence-corrected chi connectivity index (χ2v) is 6.52. The van der Waals surface area contributed by atoms with Crippen LogP contribution >= 0.6 is 11.8 Å². The Morgan fingerprint density at radius 3 is 2.81 bits per heavy atom. The van der Waals surface area contributed by atoms with Crippen LogP contribution in [-0.2, 0) is 0 Å². The van der Waals surface area contributed by atoms with Crippen LogP contribution in [0.3, 0.4) is 0 Å². The fraction of sp³-hybridized carbons (Fsp3) is 1.00. The normalized spacial score (nSPS) is 27.9. The third kappa shape index (κ3) is 5.07. The summed E-state index contributed by atoms with van der Waals surface area (Å²) in [4.78, 5) is 0. The number of aliphatic hydroxyl groups is 1. The summed E-state index contributed by atoms with van der Waals surface area (Å²) in [6, 6.07) is 0.708. The third-order valence-corrected chi connectivity index (χ3v) is 4.92. The van der Waals surface area contributed by atoms with Gasteiger partial charge in [-0.1, -0.05) is 26.7 Å².